The van der Waals surface area contributed by atoms with E-state index in [0.717, 1.165) is 31.6 Å². The van der Waals surface area contributed by atoms with Crippen LogP contribution in [0.2, 0.25) is 0 Å². The molecule has 150 valence electrons. The zero-order valence-corrected chi connectivity index (χ0v) is 16.6. The van der Waals surface area contributed by atoms with Crippen molar-refractivity contribution in [3.63, 3.8) is 0 Å². The van der Waals surface area contributed by atoms with Gasteiger partial charge in [-0.3, -0.25) is 4.90 Å². The molecule has 1 saturated heterocycles. The summed E-state index contributed by atoms with van der Waals surface area (Å²) in [5.74, 6) is 0.530. The largest absolute Gasteiger partial charge is 0.473 e. The Balaban J connectivity index is 1.35. The van der Waals surface area contributed by atoms with E-state index in [-0.39, 0.29) is 6.61 Å². The Morgan fingerprint density at radius 2 is 2.03 bits per heavy atom. The van der Waals surface area contributed by atoms with Crippen LogP contribution >= 0.6 is 0 Å². The fourth-order valence-electron chi connectivity index (χ4n) is 4.25. The number of pyridine rings is 1. The number of nitrogens with zero attached hydrogens (tertiary/aromatic N) is 3. The molecule has 0 N–H and O–H groups in total. The summed E-state index contributed by atoms with van der Waals surface area (Å²) >= 11 is 0. The summed E-state index contributed by atoms with van der Waals surface area (Å²) in [5.41, 5.74) is 1.79. The number of benzene rings is 1. The average Bonchev–Trinajstić information content (AvgIpc) is 2.79. The Labute approximate surface area is 171 Å². The Hall–Kier alpha value is -2.71. The lowest BCUT2D eigenvalue weighted by molar-refractivity contribution is 0.165. The van der Waals surface area contributed by atoms with Gasteiger partial charge in [-0.2, -0.15) is 5.26 Å². The number of hydrogen-bond donors (Lipinski definition) is 0. The molecule has 0 amide bonds. The Morgan fingerprint density at radius 1 is 1.17 bits per heavy atom. The fourth-order valence-corrected chi connectivity index (χ4v) is 4.25. The fraction of sp³-hybridized carbons (Fsp3) is 0.417. The van der Waals surface area contributed by atoms with E-state index in [0.29, 0.717) is 29.0 Å². The van der Waals surface area contributed by atoms with Crippen molar-refractivity contribution in [2.75, 3.05) is 13.1 Å². The van der Waals surface area contributed by atoms with E-state index >= 15 is 0 Å². The second kappa shape index (κ2) is 9.19. The number of allylic oxidation sites excluding steroid dienone is 1. The molecule has 0 spiro atoms. The van der Waals surface area contributed by atoms with Crippen molar-refractivity contribution >= 4 is 0 Å². The third-order valence-electron chi connectivity index (χ3n) is 5.95. The highest BCUT2D eigenvalue weighted by Crippen LogP contribution is 2.30. The highest BCUT2D eigenvalue weighted by Gasteiger charge is 2.26. The first kappa shape index (κ1) is 19.6. The van der Waals surface area contributed by atoms with Crippen molar-refractivity contribution < 1.29 is 9.13 Å². The molecule has 0 saturated carbocycles. The smallest absolute Gasteiger partial charge is 0.213 e. The number of piperidine rings is 1. The molecule has 1 aliphatic heterocycles. The van der Waals surface area contributed by atoms with Gasteiger partial charge in [0.2, 0.25) is 5.88 Å². The first-order valence-electron chi connectivity index (χ1n) is 10.4. The predicted molar refractivity (Wildman–Crippen MR) is 110 cm³/mol. The lowest BCUT2D eigenvalue weighted by atomic mass is 9.91. The summed E-state index contributed by atoms with van der Waals surface area (Å²) in [7, 11) is 0. The van der Waals surface area contributed by atoms with E-state index in [1.54, 1.807) is 12.1 Å². The first-order chi connectivity index (χ1) is 14.2. The van der Waals surface area contributed by atoms with E-state index in [1.807, 2.05) is 18.2 Å². The average molecular weight is 391 g/mol. The monoisotopic (exact) mass is 391 g/mol. The van der Waals surface area contributed by atoms with Gasteiger partial charge >= 0.3 is 0 Å². The van der Waals surface area contributed by atoms with Crippen LogP contribution < -0.4 is 4.74 Å². The number of ether oxygens (including phenoxy) is 1. The van der Waals surface area contributed by atoms with E-state index in [9.17, 15) is 4.39 Å². The molecule has 1 aromatic carbocycles. The molecule has 2 aromatic rings. The van der Waals surface area contributed by atoms with Crippen LogP contribution in [0.4, 0.5) is 4.39 Å². The maximum absolute atomic E-state index is 14.0. The van der Waals surface area contributed by atoms with Crippen LogP contribution in [0.3, 0.4) is 0 Å². The molecule has 1 atom stereocenters. The summed E-state index contributed by atoms with van der Waals surface area (Å²) in [6.07, 6.45) is 10.7. The molecule has 1 aromatic heterocycles. The van der Waals surface area contributed by atoms with Gasteiger partial charge in [0.15, 0.2) is 0 Å². The van der Waals surface area contributed by atoms with Gasteiger partial charge in [-0.05, 0) is 63.4 Å². The standard InChI is InChI=1S/C24H26FN3O/c25-22-15-18(16-26)9-10-20(22)17-29-24-8-4-7-23(27-24)19-11-13-28(14-12-19)21-5-2-1-3-6-21/h2,4-5,7-10,15,19,21H,1,3,6,11-14,17H2/t21-/m0/s1. The number of hydrogen-bond acceptors (Lipinski definition) is 4. The second-order valence-corrected chi connectivity index (χ2v) is 7.84. The second-order valence-electron chi connectivity index (χ2n) is 7.84. The number of nitriles is 1. The third-order valence-corrected chi connectivity index (χ3v) is 5.95. The molecule has 0 unspecified atom stereocenters. The normalized spacial score (nSPS) is 20.3. The summed E-state index contributed by atoms with van der Waals surface area (Å²) in [6.45, 7) is 2.30. The Bertz CT molecular complexity index is 913. The van der Waals surface area contributed by atoms with Gasteiger partial charge in [-0.1, -0.05) is 24.3 Å². The molecule has 5 heteroatoms. The zero-order valence-electron chi connectivity index (χ0n) is 16.6. The van der Waals surface area contributed by atoms with Crippen LogP contribution in [-0.4, -0.2) is 29.0 Å². The van der Waals surface area contributed by atoms with Crippen LogP contribution in [0.1, 0.15) is 54.8 Å². The molecule has 29 heavy (non-hydrogen) atoms. The van der Waals surface area contributed by atoms with Gasteiger partial charge in [0.05, 0.1) is 11.6 Å². The van der Waals surface area contributed by atoms with Gasteiger partial charge in [0, 0.05) is 29.3 Å². The van der Waals surface area contributed by atoms with Gasteiger partial charge in [0.1, 0.15) is 12.4 Å². The molecule has 0 bridgehead atoms. The van der Waals surface area contributed by atoms with E-state index in [1.165, 1.54) is 25.3 Å². The lowest BCUT2D eigenvalue weighted by Crippen LogP contribution is -2.40. The van der Waals surface area contributed by atoms with E-state index < -0.39 is 5.82 Å². The lowest BCUT2D eigenvalue weighted by Gasteiger charge is -2.37. The number of likely N-dealkylation sites (tertiary alicyclic amines) is 1. The van der Waals surface area contributed by atoms with Crippen molar-refractivity contribution in [2.24, 2.45) is 0 Å². The molecular formula is C24H26FN3O. The minimum Gasteiger partial charge on any atom is -0.473 e. The molecule has 4 nitrogen and oxygen atoms in total. The Morgan fingerprint density at radius 3 is 2.76 bits per heavy atom. The maximum atomic E-state index is 14.0. The maximum Gasteiger partial charge on any atom is 0.213 e. The highest BCUT2D eigenvalue weighted by atomic mass is 19.1. The van der Waals surface area contributed by atoms with Crippen molar-refractivity contribution in [3.05, 3.63) is 71.2 Å². The van der Waals surface area contributed by atoms with Crippen molar-refractivity contribution in [1.29, 1.82) is 5.26 Å². The first-order valence-corrected chi connectivity index (χ1v) is 10.4. The quantitative estimate of drug-likeness (QED) is 0.676. The molecule has 1 aliphatic carbocycles. The molecule has 0 radical (unpaired) electrons. The number of halogens is 1. The van der Waals surface area contributed by atoms with E-state index in [4.69, 9.17) is 10.00 Å². The highest BCUT2D eigenvalue weighted by molar-refractivity contribution is 5.33. The van der Waals surface area contributed by atoms with Crippen LogP contribution in [0.5, 0.6) is 5.88 Å². The number of rotatable bonds is 5. The molecule has 1 fully saturated rings. The third kappa shape index (κ3) is 4.83. The van der Waals surface area contributed by atoms with Gasteiger partial charge in [-0.25, -0.2) is 9.37 Å². The summed E-state index contributed by atoms with van der Waals surface area (Å²) < 4.78 is 19.8. The predicted octanol–water partition coefficient (Wildman–Crippen LogP) is 4.96. The van der Waals surface area contributed by atoms with Crippen LogP contribution in [0.15, 0.2) is 48.6 Å². The molecule has 2 aliphatic rings. The zero-order chi connectivity index (χ0) is 20.1. The molecular weight excluding hydrogens is 365 g/mol. The van der Waals surface area contributed by atoms with Crippen molar-refractivity contribution in [3.8, 4) is 11.9 Å². The minimum absolute atomic E-state index is 0.0977. The summed E-state index contributed by atoms with van der Waals surface area (Å²) in [5, 5.41) is 8.84. The SMILES string of the molecule is N#Cc1ccc(COc2cccc(C3CCN([C@H]4C=CCCC4)CC3)n2)c(F)c1. The summed E-state index contributed by atoms with van der Waals surface area (Å²) in [6, 6.07) is 12.8. The summed E-state index contributed by atoms with van der Waals surface area (Å²) in [4.78, 5) is 7.28. The van der Waals surface area contributed by atoms with E-state index in [2.05, 4.69) is 28.1 Å². The Kier molecular flexibility index (Phi) is 6.21. The van der Waals surface area contributed by atoms with Crippen LogP contribution in [0, 0.1) is 17.1 Å². The van der Waals surface area contributed by atoms with Gasteiger partial charge in [-0.15, -0.1) is 0 Å². The van der Waals surface area contributed by atoms with Crippen molar-refractivity contribution in [2.45, 2.75) is 50.7 Å². The van der Waals surface area contributed by atoms with Crippen molar-refractivity contribution in [1.82, 2.24) is 9.88 Å². The van der Waals surface area contributed by atoms with Crippen LogP contribution in [-0.2, 0) is 6.61 Å². The number of aromatic nitrogens is 1. The molecule has 4 rings (SSSR count). The van der Waals surface area contributed by atoms with Crippen LogP contribution in [0.25, 0.3) is 0 Å². The molecule has 2 heterocycles. The topological polar surface area (TPSA) is 49.1 Å². The minimum atomic E-state index is -0.427. The van der Waals surface area contributed by atoms with Gasteiger partial charge < -0.3 is 4.74 Å². The van der Waals surface area contributed by atoms with Gasteiger partial charge in [0.25, 0.3) is 0 Å².